The van der Waals surface area contributed by atoms with Crippen LogP contribution in [-0.4, -0.2) is 41.0 Å². The molecule has 7 nitrogen and oxygen atoms in total. The standard InChI is InChI=1S/C22H29N3O4/c1-6-25(7-2)21(27)17-12-19(22(28)24(5)13-17)23-20(26)14-29-18-10-8-16(9-11-18)15(3)4/h8-13,15H,6-7,14H2,1-5H3,(H,23,26). The van der Waals surface area contributed by atoms with Crippen molar-refractivity contribution in [1.82, 2.24) is 9.47 Å². The molecule has 2 amide bonds. The van der Waals surface area contributed by atoms with Crippen molar-refractivity contribution in [2.75, 3.05) is 25.0 Å². The first-order chi connectivity index (χ1) is 13.8. The quantitative estimate of drug-likeness (QED) is 0.740. The van der Waals surface area contributed by atoms with Crippen LogP contribution in [0.15, 0.2) is 41.3 Å². The molecule has 0 saturated carbocycles. The SMILES string of the molecule is CCN(CC)C(=O)c1cc(NC(=O)COc2ccc(C(C)C)cc2)c(=O)n(C)c1. The van der Waals surface area contributed by atoms with Crippen LogP contribution in [0.2, 0.25) is 0 Å². The van der Waals surface area contributed by atoms with E-state index in [-0.39, 0.29) is 18.2 Å². The van der Waals surface area contributed by atoms with Gasteiger partial charge in [0.25, 0.3) is 17.4 Å². The molecule has 0 unspecified atom stereocenters. The molecular formula is C22H29N3O4. The molecule has 1 N–H and O–H groups in total. The molecule has 1 aromatic carbocycles. The lowest BCUT2D eigenvalue weighted by Crippen LogP contribution is -2.33. The van der Waals surface area contributed by atoms with E-state index >= 15 is 0 Å². The Balaban J connectivity index is 2.09. The van der Waals surface area contributed by atoms with E-state index in [1.165, 1.54) is 22.4 Å². The first-order valence-electron chi connectivity index (χ1n) is 9.79. The molecule has 156 valence electrons. The van der Waals surface area contributed by atoms with Gasteiger partial charge in [-0.1, -0.05) is 26.0 Å². The van der Waals surface area contributed by atoms with Crippen LogP contribution in [0.3, 0.4) is 0 Å². The molecular weight excluding hydrogens is 370 g/mol. The van der Waals surface area contributed by atoms with Crippen molar-refractivity contribution >= 4 is 17.5 Å². The van der Waals surface area contributed by atoms with Crippen molar-refractivity contribution in [2.24, 2.45) is 7.05 Å². The number of amides is 2. The molecule has 2 aromatic rings. The van der Waals surface area contributed by atoms with E-state index in [0.717, 1.165) is 0 Å². The van der Waals surface area contributed by atoms with Gasteiger partial charge in [0.1, 0.15) is 11.4 Å². The van der Waals surface area contributed by atoms with Crippen LogP contribution in [0.4, 0.5) is 5.69 Å². The molecule has 0 radical (unpaired) electrons. The average molecular weight is 399 g/mol. The molecule has 0 spiro atoms. The zero-order chi connectivity index (χ0) is 21.6. The molecule has 1 heterocycles. The lowest BCUT2D eigenvalue weighted by molar-refractivity contribution is -0.118. The fourth-order valence-corrected chi connectivity index (χ4v) is 2.90. The minimum Gasteiger partial charge on any atom is -0.484 e. The Morgan fingerprint density at radius 2 is 1.76 bits per heavy atom. The van der Waals surface area contributed by atoms with Crippen molar-refractivity contribution in [2.45, 2.75) is 33.6 Å². The normalized spacial score (nSPS) is 10.7. The van der Waals surface area contributed by atoms with Crippen LogP contribution in [0.5, 0.6) is 5.75 Å². The zero-order valence-corrected chi connectivity index (χ0v) is 17.7. The predicted molar refractivity (Wildman–Crippen MR) is 114 cm³/mol. The number of carbonyl (C=O) groups excluding carboxylic acids is 2. The number of aryl methyl sites for hydroxylation is 1. The van der Waals surface area contributed by atoms with Crippen molar-refractivity contribution in [1.29, 1.82) is 0 Å². The van der Waals surface area contributed by atoms with Gasteiger partial charge in [0.2, 0.25) is 0 Å². The lowest BCUT2D eigenvalue weighted by Gasteiger charge is -2.19. The fraction of sp³-hybridized carbons (Fsp3) is 0.409. The minimum absolute atomic E-state index is 0.0502. The molecule has 7 heteroatoms. The van der Waals surface area contributed by atoms with Crippen LogP contribution in [0.1, 0.15) is 49.5 Å². The van der Waals surface area contributed by atoms with Gasteiger partial charge in [-0.2, -0.15) is 0 Å². The number of carbonyl (C=O) groups is 2. The second-order valence-corrected chi connectivity index (χ2v) is 7.10. The second-order valence-electron chi connectivity index (χ2n) is 7.10. The number of anilines is 1. The van der Waals surface area contributed by atoms with Crippen molar-refractivity contribution < 1.29 is 14.3 Å². The van der Waals surface area contributed by atoms with Crippen molar-refractivity contribution in [3.05, 3.63) is 58.0 Å². The Bertz CT molecular complexity index is 913. The summed E-state index contributed by atoms with van der Waals surface area (Å²) in [6, 6.07) is 8.94. The number of rotatable bonds is 8. The van der Waals surface area contributed by atoms with Gasteiger partial charge in [-0.25, -0.2) is 0 Å². The number of pyridine rings is 1. The second kappa shape index (κ2) is 9.91. The Hall–Kier alpha value is -3.09. The van der Waals surface area contributed by atoms with Crippen LogP contribution in [-0.2, 0) is 11.8 Å². The largest absolute Gasteiger partial charge is 0.484 e. The Labute approximate surface area is 171 Å². The molecule has 1 aromatic heterocycles. The number of ether oxygens (including phenoxy) is 1. The van der Waals surface area contributed by atoms with Gasteiger partial charge in [0, 0.05) is 26.3 Å². The van der Waals surface area contributed by atoms with Gasteiger partial charge in [0.15, 0.2) is 6.61 Å². The van der Waals surface area contributed by atoms with Gasteiger partial charge in [-0.15, -0.1) is 0 Å². The highest BCUT2D eigenvalue weighted by Gasteiger charge is 2.17. The molecule has 0 saturated heterocycles. The van der Waals surface area contributed by atoms with E-state index < -0.39 is 11.5 Å². The van der Waals surface area contributed by atoms with Gasteiger partial charge >= 0.3 is 0 Å². The van der Waals surface area contributed by atoms with E-state index in [2.05, 4.69) is 19.2 Å². The van der Waals surface area contributed by atoms with Crippen LogP contribution in [0, 0.1) is 0 Å². The highest BCUT2D eigenvalue weighted by atomic mass is 16.5. The van der Waals surface area contributed by atoms with Crippen LogP contribution >= 0.6 is 0 Å². The molecule has 0 fully saturated rings. The highest BCUT2D eigenvalue weighted by molar-refractivity contribution is 5.97. The molecule has 0 aliphatic carbocycles. The van der Waals surface area contributed by atoms with E-state index in [4.69, 9.17) is 4.74 Å². The summed E-state index contributed by atoms with van der Waals surface area (Å²) in [4.78, 5) is 38.8. The summed E-state index contributed by atoms with van der Waals surface area (Å²) in [5, 5.41) is 2.55. The third-order valence-corrected chi connectivity index (χ3v) is 4.67. The Morgan fingerprint density at radius 3 is 2.31 bits per heavy atom. The Kier molecular flexibility index (Phi) is 7.59. The first-order valence-corrected chi connectivity index (χ1v) is 9.79. The summed E-state index contributed by atoms with van der Waals surface area (Å²) in [5.41, 5.74) is 1.18. The highest BCUT2D eigenvalue weighted by Crippen LogP contribution is 2.18. The third kappa shape index (κ3) is 5.70. The molecule has 0 aliphatic heterocycles. The Morgan fingerprint density at radius 1 is 1.14 bits per heavy atom. The summed E-state index contributed by atoms with van der Waals surface area (Å²) in [6.07, 6.45) is 1.48. The maximum atomic E-state index is 12.6. The smallest absolute Gasteiger partial charge is 0.274 e. The maximum Gasteiger partial charge on any atom is 0.274 e. The summed E-state index contributed by atoms with van der Waals surface area (Å²) < 4.78 is 6.79. The van der Waals surface area contributed by atoms with Crippen LogP contribution in [0.25, 0.3) is 0 Å². The fourth-order valence-electron chi connectivity index (χ4n) is 2.90. The van der Waals surface area contributed by atoms with Crippen LogP contribution < -0.4 is 15.6 Å². The number of aromatic nitrogens is 1. The molecule has 29 heavy (non-hydrogen) atoms. The summed E-state index contributed by atoms with van der Waals surface area (Å²) in [5.74, 6) is 0.322. The monoisotopic (exact) mass is 399 g/mol. The van der Waals surface area contributed by atoms with E-state index in [1.807, 2.05) is 38.1 Å². The summed E-state index contributed by atoms with van der Waals surface area (Å²) >= 11 is 0. The summed E-state index contributed by atoms with van der Waals surface area (Å²) in [7, 11) is 1.55. The zero-order valence-electron chi connectivity index (χ0n) is 17.7. The number of hydrogen-bond acceptors (Lipinski definition) is 4. The molecule has 2 rings (SSSR count). The van der Waals surface area contributed by atoms with Gasteiger partial charge < -0.3 is 19.5 Å². The van der Waals surface area contributed by atoms with E-state index in [0.29, 0.717) is 30.3 Å². The molecule has 0 aliphatic rings. The van der Waals surface area contributed by atoms with Crippen molar-refractivity contribution in [3.8, 4) is 5.75 Å². The number of nitrogens with one attached hydrogen (secondary N) is 1. The number of nitrogens with zero attached hydrogens (tertiary/aromatic N) is 2. The lowest BCUT2D eigenvalue weighted by atomic mass is 10.0. The average Bonchev–Trinajstić information content (AvgIpc) is 2.70. The molecule has 0 bridgehead atoms. The van der Waals surface area contributed by atoms with E-state index in [1.54, 1.807) is 11.9 Å². The third-order valence-electron chi connectivity index (χ3n) is 4.67. The van der Waals surface area contributed by atoms with Gasteiger partial charge in [0.05, 0.1) is 5.56 Å². The van der Waals surface area contributed by atoms with Crippen molar-refractivity contribution in [3.63, 3.8) is 0 Å². The maximum absolute atomic E-state index is 12.6. The first kappa shape index (κ1) is 22.2. The van der Waals surface area contributed by atoms with Gasteiger partial charge in [-0.3, -0.25) is 14.4 Å². The summed E-state index contributed by atoms with van der Waals surface area (Å²) in [6.45, 7) is 8.85. The van der Waals surface area contributed by atoms with E-state index in [9.17, 15) is 14.4 Å². The van der Waals surface area contributed by atoms with Gasteiger partial charge in [-0.05, 0) is 43.5 Å². The number of hydrogen-bond donors (Lipinski definition) is 1. The predicted octanol–water partition coefficient (Wildman–Crippen LogP) is 3.01. The number of benzene rings is 1. The topological polar surface area (TPSA) is 80.6 Å². The minimum atomic E-state index is -0.470. The molecule has 0 atom stereocenters.